The lowest BCUT2D eigenvalue weighted by atomic mass is 9.91. The Kier molecular flexibility index (Phi) is 5.30. The summed E-state index contributed by atoms with van der Waals surface area (Å²) in [6, 6.07) is 22.4. The predicted octanol–water partition coefficient (Wildman–Crippen LogP) is 4.43. The highest BCUT2D eigenvalue weighted by molar-refractivity contribution is 5.37. The molecule has 4 rings (SSSR count). The minimum absolute atomic E-state index is 0.0711. The second-order valence-electron chi connectivity index (χ2n) is 6.82. The number of hydrogen-bond donors (Lipinski definition) is 0. The molecule has 0 saturated heterocycles. The zero-order chi connectivity index (χ0) is 19.3. The van der Waals surface area contributed by atoms with Crippen LogP contribution in [0, 0.1) is 0 Å². The van der Waals surface area contributed by atoms with E-state index in [1.54, 1.807) is 6.26 Å². The van der Waals surface area contributed by atoms with E-state index in [4.69, 9.17) is 14.0 Å². The van der Waals surface area contributed by atoms with Gasteiger partial charge in [0, 0.05) is 6.07 Å². The number of nitrogens with zero attached hydrogens (tertiary/aromatic N) is 4. The van der Waals surface area contributed by atoms with E-state index in [9.17, 15) is 0 Å². The summed E-state index contributed by atoms with van der Waals surface area (Å²) in [6.07, 6.45) is 1.58. The van der Waals surface area contributed by atoms with Crippen LogP contribution in [0.2, 0.25) is 0 Å². The summed E-state index contributed by atoms with van der Waals surface area (Å²) in [7, 11) is 2.00. The first kappa shape index (κ1) is 18.1. The van der Waals surface area contributed by atoms with Crippen molar-refractivity contribution in [1.82, 2.24) is 20.2 Å². The van der Waals surface area contributed by atoms with Gasteiger partial charge < -0.3 is 9.05 Å². The molecule has 0 aliphatic carbocycles. The van der Waals surface area contributed by atoms with Crippen LogP contribution < -0.4 is 0 Å². The highest BCUT2D eigenvalue weighted by atomic mass is 16.5. The minimum atomic E-state index is -0.0711. The highest BCUT2D eigenvalue weighted by Gasteiger charge is 2.23. The second kappa shape index (κ2) is 8.19. The second-order valence-corrected chi connectivity index (χ2v) is 6.82. The van der Waals surface area contributed by atoms with Crippen LogP contribution in [-0.2, 0) is 6.54 Å². The summed E-state index contributed by atoms with van der Waals surface area (Å²) in [5.41, 5.74) is 3.13. The molecule has 0 aliphatic rings. The molecule has 0 bridgehead atoms. The van der Waals surface area contributed by atoms with Crippen molar-refractivity contribution < 1.29 is 9.05 Å². The lowest BCUT2D eigenvalue weighted by Gasteiger charge is -2.20. The first-order chi connectivity index (χ1) is 13.7. The van der Waals surface area contributed by atoms with Gasteiger partial charge in [0.2, 0.25) is 5.89 Å². The van der Waals surface area contributed by atoms with Crippen molar-refractivity contribution in [2.45, 2.75) is 25.4 Å². The van der Waals surface area contributed by atoms with Crippen LogP contribution in [0.1, 0.15) is 47.4 Å². The quantitative estimate of drug-likeness (QED) is 0.477. The summed E-state index contributed by atoms with van der Waals surface area (Å²) in [6.45, 7) is 2.59. The van der Waals surface area contributed by atoms with E-state index < -0.39 is 0 Å². The van der Waals surface area contributed by atoms with Gasteiger partial charge in [0.05, 0.1) is 18.5 Å². The van der Waals surface area contributed by atoms with Gasteiger partial charge in [-0.3, -0.25) is 4.90 Å². The fourth-order valence-corrected chi connectivity index (χ4v) is 3.24. The topological polar surface area (TPSA) is 68.2 Å². The molecule has 0 radical (unpaired) electrons. The molecule has 0 amide bonds. The average molecular weight is 374 g/mol. The first-order valence-electron chi connectivity index (χ1n) is 9.25. The Bertz CT molecular complexity index is 944. The maximum absolute atomic E-state index is 5.58. The molecule has 1 unspecified atom stereocenters. The Morgan fingerprint density at radius 2 is 1.54 bits per heavy atom. The number of aromatic nitrogens is 3. The molecule has 2 aromatic heterocycles. The summed E-state index contributed by atoms with van der Waals surface area (Å²) >= 11 is 0. The summed E-state index contributed by atoms with van der Waals surface area (Å²) < 4.78 is 10.5. The van der Waals surface area contributed by atoms with Crippen LogP contribution in [0.5, 0.6) is 0 Å². The molecule has 0 saturated carbocycles. The van der Waals surface area contributed by atoms with E-state index in [0.717, 1.165) is 16.8 Å². The third-order valence-electron chi connectivity index (χ3n) is 4.94. The zero-order valence-corrected chi connectivity index (χ0v) is 15.9. The van der Waals surface area contributed by atoms with Crippen molar-refractivity contribution in [2.75, 3.05) is 7.05 Å². The highest BCUT2D eigenvalue weighted by Crippen LogP contribution is 2.30. The molecular weight excluding hydrogens is 352 g/mol. The van der Waals surface area contributed by atoms with Gasteiger partial charge in [-0.25, -0.2) is 0 Å². The molecule has 4 aromatic rings. The number of hydrogen-bond acceptors (Lipinski definition) is 6. The Balaban J connectivity index is 1.58. The van der Waals surface area contributed by atoms with Gasteiger partial charge in [-0.1, -0.05) is 71.0 Å². The van der Waals surface area contributed by atoms with E-state index in [0.29, 0.717) is 18.3 Å². The van der Waals surface area contributed by atoms with E-state index in [1.165, 1.54) is 0 Å². The zero-order valence-electron chi connectivity index (χ0n) is 15.9. The Labute approximate surface area is 163 Å². The average Bonchev–Trinajstić information content (AvgIpc) is 3.42. The van der Waals surface area contributed by atoms with Crippen LogP contribution in [0.15, 0.2) is 82.0 Å². The molecule has 6 heteroatoms. The SMILES string of the molecule is CC(c1ccon1)N(C)Cc1nc(C(c2ccccc2)c2ccccc2)no1. The van der Waals surface area contributed by atoms with Crippen LogP contribution in [-0.4, -0.2) is 27.2 Å². The molecule has 0 N–H and O–H groups in total. The number of rotatable bonds is 7. The first-order valence-corrected chi connectivity index (χ1v) is 9.25. The molecular formula is C22H22N4O2. The molecule has 0 spiro atoms. The predicted molar refractivity (Wildman–Crippen MR) is 105 cm³/mol. The lowest BCUT2D eigenvalue weighted by Crippen LogP contribution is -2.22. The summed E-state index contributed by atoms with van der Waals surface area (Å²) in [5.74, 6) is 1.16. The van der Waals surface area contributed by atoms with Crippen LogP contribution in [0.25, 0.3) is 0 Å². The maximum atomic E-state index is 5.58. The van der Waals surface area contributed by atoms with Crippen LogP contribution >= 0.6 is 0 Å². The maximum Gasteiger partial charge on any atom is 0.240 e. The van der Waals surface area contributed by atoms with E-state index in [2.05, 4.69) is 46.4 Å². The third kappa shape index (κ3) is 3.87. The lowest BCUT2D eigenvalue weighted by molar-refractivity contribution is 0.208. The molecule has 0 aliphatic heterocycles. The van der Waals surface area contributed by atoms with E-state index in [-0.39, 0.29) is 12.0 Å². The van der Waals surface area contributed by atoms with Crippen molar-refractivity contribution in [1.29, 1.82) is 0 Å². The summed E-state index contributed by atoms with van der Waals surface area (Å²) in [4.78, 5) is 6.80. The summed E-state index contributed by atoms with van der Waals surface area (Å²) in [5, 5.41) is 8.31. The Morgan fingerprint density at radius 3 is 2.11 bits per heavy atom. The minimum Gasteiger partial charge on any atom is -0.364 e. The van der Waals surface area contributed by atoms with Crippen LogP contribution in [0.3, 0.4) is 0 Å². The van der Waals surface area contributed by atoms with Gasteiger partial charge in [-0.2, -0.15) is 4.98 Å². The Hall–Kier alpha value is -3.25. The molecule has 142 valence electrons. The standard InChI is InChI=1S/C22H22N4O2/c1-16(19-13-14-27-24-19)26(2)15-20-23-22(25-28-20)21(17-9-5-3-6-10-17)18-11-7-4-8-12-18/h3-14,16,21H,15H2,1-2H3. The number of benzene rings is 2. The fraction of sp³-hybridized carbons (Fsp3) is 0.227. The van der Waals surface area contributed by atoms with Gasteiger partial charge in [0.1, 0.15) is 12.0 Å². The normalized spacial score (nSPS) is 12.6. The van der Waals surface area contributed by atoms with Crippen molar-refractivity contribution in [3.8, 4) is 0 Å². The van der Waals surface area contributed by atoms with Crippen molar-refractivity contribution in [3.05, 3.63) is 102 Å². The van der Waals surface area contributed by atoms with Crippen LogP contribution in [0.4, 0.5) is 0 Å². The smallest absolute Gasteiger partial charge is 0.240 e. The van der Waals surface area contributed by atoms with Gasteiger partial charge >= 0.3 is 0 Å². The van der Waals surface area contributed by atoms with Gasteiger partial charge in [0.15, 0.2) is 5.82 Å². The molecule has 1 atom stereocenters. The van der Waals surface area contributed by atoms with E-state index >= 15 is 0 Å². The van der Waals surface area contributed by atoms with Gasteiger partial charge in [-0.05, 0) is 25.1 Å². The molecule has 0 fully saturated rings. The largest absolute Gasteiger partial charge is 0.364 e. The third-order valence-corrected chi connectivity index (χ3v) is 4.94. The van der Waals surface area contributed by atoms with Crippen molar-refractivity contribution in [3.63, 3.8) is 0 Å². The Morgan fingerprint density at radius 1 is 0.893 bits per heavy atom. The monoisotopic (exact) mass is 374 g/mol. The van der Waals surface area contributed by atoms with Gasteiger partial charge in [-0.15, -0.1) is 0 Å². The molecule has 2 heterocycles. The molecule has 2 aromatic carbocycles. The van der Waals surface area contributed by atoms with Gasteiger partial charge in [0.25, 0.3) is 0 Å². The van der Waals surface area contributed by atoms with E-state index in [1.807, 2.05) is 49.5 Å². The molecule has 6 nitrogen and oxygen atoms in total. The fourth-order valence-electron chi connectivity index (χ4n) is 3.24. The van der Waals surface area contributed by atoms with Crippen molar-refractivity contribution in [2.24, 2.45) is 0 Å². The van der Waals surface area contributed by atoms with Crippen molar-refractivity contribution >= 4 is 0 Å². The molecule has 28 heavy (non-hydrogen) atoms.